The first-order chi connectivity index (χ1) is 13.2. The van der Waals surface area contributed by atoms with Crippen LogP contribution in [0.3, 0.4) is 0 Å². The highest BCUT2D eigenvalue weighted by Crippen LogP contribution is 2.36. The second-order valence-corrected chi connectivity index (χ2v) is 8.12. The third-order valence-electron chi connectivity index (χ3n) is 5.39. The molecule has 0 unspecified atom stereocenters. The second kappa shape index (κ2) is 8.15. The van der Waals surface area contributed by atoms with E-state index in [9.17, 15) is 14.7 Å². The molecule has 6 nitrogen and oxygen atoms in total. The number of benzene rings is 1. The number of carbonyl (C=O) groups excluding carboxylic acids is 1. The average molecular weight is 424 g/mol. The zero-order valence-electron chi connectivity index (χ0n) is 15.8. The van der Waals surface area contributed by atoms with E-state index in [0.717, 1.165) is 5.56 Å². The second-order valence-electron chi connectivity index (χ2n) is 7.31. The molecule has 2 heterocycles. The maximum atomic E-state index is 12.8. The molecule has 0 aliphatic carbocycles. The number of phenols is 1. The minimum atomic E-state index is -0.359. The maximum absolute atomic E-state index is 12.8. The van der Waals surface area contributed by atoms with Gasteiger partial charge in [0.15, 0.2) is 0 Å². The third-order valence-corrected chi connectivity index (χ3v) is 6.07. The molecule has 0 spiro atoms. The zero-order chi connectivity index (χ0) is 20.6. The highest BCUT2D eigenvalue weighted by molar-refractivity contribution is 6.31. The smallest absolute Gasteiger partial charge is 0.269 e. The Morgan fingerprint density at radius 2 is 1.86 bits per heavy atom. The van der Waals surface area contributed by atoms with Crippen LogP contribution in [-0.4, -0.2) is 33.6 Å². The molecule has 0 radical (unpaired) electrons. The van der Waals surface area contributed by atoms with E-state index < -0.39 is 0 Å². The van der Waals surface area contributed by atoms with Gasteiger partial charge in [-0.3, -0.25) is 9.59 Å². The number of carbonyl (C=O) groups is 1. The largest absolute Gasteiger partial charge is 0.508 e. The Kier molecular flexibility index (Phi) is 6.03. The molecule has 1 aromatic heterocycles. The van der Waals surface area contributed by atoms with Crippen LogP contribution in [-0.2, 0) is 7.05 Å². The van der Waals surface area contributed by atoms with Gasteiger partial charge in [-0.15, -0.1) is 0 Å². The van der Waals surface area contributed by atoms with Crippen LogP contribution in [0.15, 0.2) is 29.2 Å². The summed E-state index contributed by atoms with van der Waals surface area (Å²) in [5, 5.41) is 10.8. The quantitative estimate of drug-likeness (QED) is 0.792. The Morgan fingerprint density at radius 3 is 2.46 bits per heavy atom. The summed E-state index contributed by atoms with van der Waals surface area (Å²) >= 11 is 12.1. The summed E-state index contributed by atoms with van der Waals surface area (Å²) in [4.78, 5) is 26.2. The van der Waals surface area contributed by atoms with Crippen molar-refractivity contribution in [3.05, 3.63) is 61.5 Å². The number of aryl methyl sites for hydroxylation is 2. The van der Waals surface area contributed by atoms with Crippen LogP contribution in [0.4, 0.5) is 0 Å². The van der Waals surface area contributed by atoms with Crippen LogP contribution < -0.4 is 11.3 Å². The Hall–Kier alpha value is -2.02. The molecule has 150 valence electrons. The van der Waals surface area contributed by atoms with E-state index in [-0.39, 0.29) is 34.2 Å². The standard InChI is InChI=1S/C20H23Cl2N3O3/c1-11-7-17(26)14(9-15(11)21)18(23)12-3-5-25(6-4-12)19(27)13-8-16(22)20(28)24(2)10-13/h7-10,12,18,26H,3-6,23H2,1-2H3/t18-/m1/s1. The molecule has 3 N–H and O–H groups in total. The first kappa shape index (κ1) is 20.7. The number of piperidine rings is 1. The molecule has 8 heteroatoms. The zero-order valence-corrected chi connectivity index (χ0v) is 17.3. The Labute approximate surface area is 173 Å². The molecule has 1 amide bonds. The number of likely N-dealkylation sites (tertiary alicyclic amines) is 1. The molecule has 1 fully saturated rings. The summed E-state index contributed by atoms with van der Waals surface area (Å²) in [5.74, 6) is 0.107. The number of amides is 1. The van der Waals surface area contributed by atoms with E-state index in [1.54, 1.807) is 24.1 Å². The third kappa shape index (κ3) is 4.04. The number of rotatable bonds is 3. The molecular formula is C20H23Cl2N3O3. The number of aromatic nitrogens is 1. The minimum absolute atomic E-state index is 0.0250. The van der Waals surface area contributed by atoms with Crippen LogP contribution in [0, 0.1) is 12.8 Å². The summed E-state index contributed by atoms with van der Waals surface area (Å²) in [7, 11) is 1.56. The highest BCUT2D eigenvalue weighted by Gasteiger charge is 2.29. The predicted molar refractivity (Wildman–Crippen MR) is 110 cm³/mol. The van der Waals surface area contributed by atoms with Crippen LogP contribution in [0.1, 0.15) is 40.4 Å². The fourth-order valence-electron chi connectivity index (χ4n) is 3.64. The Morgan fingerprint density at radius 1 is 1.21 bits per heavy atom. The van der Waals surface area contributed by atoms with Gasteiger partial charge in [0.25, 0.3) is 11.5 Å². The maximum Gasteiger partial charge on any atom is 0.269 e. The first-order valence-corrected chi connectivity index (χ1v) is 9.84. The predicted octanol–water partition coefficient (Wildman–Crippen LogP) is 3.26. The number of phenolic OH excluding ortho intramolecular Hbond substituents is 1. The molecular weight excluding hydrogens is 401 g/mol. The van der Waals surface area contributed by atoms with E-state index in [1.807, 2.05) is 6.92 Å². The number of aromatic hydroxyl groups is 1. The summed E-state index contributed by atoms with van der Waals surface area (Å²) < 4.78 is 1.31. The molecule has 1 saturated heterocycles. The van der Waals surface area contributed by atoms with E-state index in [0.29, 0.717) is 42.1 Å². The summed E-state index contributed by atoms with van der Waals surface area (Å²) in [6.07, 6.45) is 2.91. The molecule has 1 aliphatic heterocycles. The lowest BCUT2D eigenvalue weighted by Gasteiger charge is -2.35. The van der Waals surface area contributed by atoms with Crippen molar-refractivity contribution in [3.8, 4) is 5.75 Å². The van der Waals surface area contributed by atoms with Gasteiger partial charge in [-0.2, -0.15) is 0 Å². The van der Waals surface area contributed by atoms with E-state index in [2.05, 4.69) is 0 Å². The lowest BCUT2D eigenvalue weighted by atomic mass is 9.85. The van der Waals surface area contributed by atoms with E-state index in [4.69, 9.17) is 28.9 Å². The van der Waals surface area contributed by atoms with E-state index >= 15 is 0 Å². The Balaban J connectivity index is 1.70. The topological polar surface area (TPSA) is 88.6 Å². The SMILES string of the molecule is Cc1cc(O)c([C@H](N)C2CCN(C(=O)c3cc(Cl)c(=O)n(C)c3)CC2)cc1Cl. The summed E-state index contributed by atoms with van der Waals surface area (Å²) in [5.41, 5.74) is 7.88. The van der Waals surface area contributed by atoms with Gasteiger partial charge in [0, 0.05) is 43.0 Å². The van der Waals surface area contributed by atoms with Crippen molar-refractivity contribution in [3.63, 3.8) is 0 Å². The van der Waals surface area contributed by atoms with Gasteiger partial charge in [-0.1, -0.05) is 23.2 Å². The van der Waals surface area contributed by atoms with Crippen molar-refractivity contribution in [2.75, 3.05) is 13.1 Å². The fourth-order valence-corrected chi connectivity index (χ4v) is 4.06. The summed E-state index contributed by atoms with van der Waals surface area (Å²) in [6.45, 7) is 2.91. The average Bonchev–Trinajstić information content (AvgIpc) is 2.67. The van der Waals surface area contributed by atoms with E-state index in [1.165, 1.54) is 16.8 Å². The van der Waals surface area contributed by atoms with Crippen molar-refractivity contribution in [1.29, 1.82) is 0 Å². The number of nitrogens with zero attached hydrogens (tertiary/aromatic N) is 2. The molecule has 2 aromatic rings. The first-order valence-electron chi connectivity index (χ1n) is 9.09. The van der Waals surface area contributed by atoms with Crippen LogP contribution in [0.2, 0.25) is 10.0 Å². The molecule has 0 saturated carbocycles. The van der Waals surface area contributed by atoms with Gasteiger partial charge < -0.3 is 20.3 Å². The number of hydrogen-bond donors (Lipinski definition) is 2. The van der Waals surface area contributed by atoms with Gasteiger partial charge in [0.05, 0.1) is 5.56 Å². The van der Waals surface area contributed by atoms with Gasteiger partial charge in [0.2, 0.25) is 0 Å². The van der Waals surface area contributed by atoms with Gasteiger partial charge in [-0.05, 0) is 49.4 Å². The van der Waals surface area contributed by atoms with Crippen LogP contribution >= 0.6 is 23.2 Å². The summed E-state index contributed by atoms with van der Waals surface area (Å²) in [6, 6.07) is 4.40. The Bertz CT molecular complexity index is 940. The van der Waals surface area contributed by atoms with Crippen LogP contribution in [0.25, 0.3) is 0 Å². The lowest BCUT2D eigenvalue weighted by Crippen LogP contribution is -2.41. The van der Waals surface area contributed by atoms with Crippen molar-refractivity contribution in [1.82, 2.24) is 9.47 Å². The normalized spacial score (nSPS) is 16.2. The number of hydrogen-bond acceptors (Lipinski definition) is 4. The lowest BCUT2D eigenvalue weighted by molar-refractivity contribution is 0.0676. The molecule has 1 aliphatic rings. The molecule has 0 bridgehead atoms. The number of halogens is 2. The van der Waals surface area contributed by atoms with Crippen molar-refractivity contribution in [2.24, 2.45) is 18.7 Å². The number of pyridine rings is 1. The fraction of sp³-hybridized carbons (Fsp3) is 0.400. The molecule has 1 atom stereocenters. The van der Waals surface area contributed by atoms with Crippen LogP contribution in [0.5, 0.6) is 5.75 Å². The minimum Gasteiger partial charge on any atom is -0.508 e. The highest BCUT2D eigenvalue weighted by atomic mass is 35.5. The van der Waals surface area contributed by atoms with Gasteiger partial charge >= 0.3 is 0 Å². The van der Waals surface area contributed by atoms with Gasteiger partial charge in [0.1, 0.15) is 10.8 Å². The molecule has 1 aromatic carbocycles. The molecule has 28 heavy (non-hydrogen) atoms. The molecule has 3 rings (SSSR count). The monoisotopic (exact) mass is 423 g/mol. The number of nitrogens with two attached hydrogens (primary N) is 1. The van der Waals surface area contributed by atoms with Crippen molar-refractivity contribution >= 4 is 29.1 Å². The van der Waals surface area contributed by atoms with Gasteiger partial charge in [-0.25, -0.2) is 0 Å². The van der Waals surface area contributed by atoms with Crippen molar-refractivity contribution < 1.29 is 9.90 Å². The van der Waals surface area contributed by atoms with Crippen molar-refractivity contribution in [2.45, 2.75) is 25.8 Å².